The van der Waals surface area contributed by atoms with Crippen molar-refractivity contribution >= 4 is 33.4 Å². The van der Waals surface area contributed by atoms with Crippen molar-refractivity contribution < 1.29 is 12.3 Å². The van der Waals surface area contributed by atoms with Crippen molar-refractivity contribution in [2.24, 2.45) is 0 Å². The molecule has 1 heterocycles. The summed E-state index contributed by atoms with van der Waals surface area (Å²) < 4.78 is 32.7. The molecular formula is C6H4Cl2FNO2S. The average molecular weight is 244 g/mol. The van der Waals surface area contributed by atoms with E-state index in [9.17, 15) is 12.3 Å². The van der Waals surface area contributed by atoms with Crippen LogP contribution < -0.4 is 0 Å². The smallest absolute Gasteiger partial charge is 0.244 e. The standard InChI is InChI=1S/C6H4Cl2FNO2S/c7-5-1-6(8)10-2-4(5)3-13(9,11)12/h1-2H,3H2. The first-order valence-corrected chi connectivity index (χ1v) is 5.41. The van der Waals surface area contributed by atoms with Gasteiger partial charge in [0, 0.05) is 16.8 Å². The summed E-state index contributed by atoms with van der Waals surface area (Å²) in [5.74, 6) is -0.782. The van der Waals surface area contributed by atoms with E-state index in [1.165, 1.54) is 6.07 Å². The van der Waals surface area contributed by atoms with E-state index in [1.807, 2.05) is 0 Å². The maximum Gasteiger partial charge on any atom is 0.306 e. The largest absolute Gasteiger partial charge is 0.306 e. The molecule has 0 saturated heterocycles. The Morgan fingerprint density at radius 2 is 2.08 bits per heavy atom. The highest BCUT2D eigenvalue weighted by atomic mass is 35.5. The van der Waals surface area contributed by atoms with Crippen LogP contribution in [0.25, 0.3) is 0 Å². The molecule has 0 spiro atoms. The van der Waals surface area contributed by atoms with Crippen LogP contribution in [-0.4, -0.2) is 13.4 Å². The van der Waals surface area contributed by atoms with Crippen LogP contribution in [0, 0.1) is 0 Å². The molecule has 0 N–H and O–H groups in total. The molecule has 1 aromatic heterocycles. The van der Waals surface area contributed by atoms with Gasteiger partial charge >= 0.3 is 10.2 Å². The molecule has 0 aliphatic heterocycles. The zero-order chi connectivity index (χ0) is 10.1. The van der Waals surface area contributed by atoms with Crippen molar-refractivity contribution in [2.45, 2.75) is 5.75 Å². The molecule has 0 bridgehead atoms. The lowest BCUT2D eigenvalue weighted by atomic mass is 10.3. The van der Waals surface area contributed by atoms with Gasteiger partial charge in [-0.3, -0.25) is 0 Å². The Balaban J connectivity index is 3.04. The van der Waals surface area contributed by atoms with Gasteiger partial charge < -0.3 is 0 Å². The van der Waals surface area contributed by atoms with Gasteiger partial charge in [-0.05, 0) is 6.07 Å². The summed E-state index contributed by atoms with van der Waals surface area (Å²) in [5, 5.41) is 0.214. The first-order valence-electron chi connectivity index (χ1n) is 3.11. The van der Waals surface area contributed by atoms with Crippen LogP contribution in [-0.2, 0) is 16.0 Å². The highest BCUT2D eigenvalue weighted by molar-refractivity contribution is 7.85. The van der Waals surface area contributed by atoms with Gasteiger partial charge in [0.2, 0.25) is 0 Å². The Labute approximate surface area is 84.7 Å². The molecule has 7 heteroatoms. The molecule has 0 saturated carbocycles. The van der Waals surface area contributed by atoms with Gasteiger partial charge in [0.25, 0.3) is 0 Å². The third-order valence-electron chi connectivity index (χ3n) is 1.22. The Morgan fingerprint density at radius 1 is 1.46 bits per heavy atom. The van der Waals surface area contributed by atoms with Crippen LogP contribution in [0.3, 0.4) is 0 Å². The van der Waals surface area contributed by atoms with Gasteiger partial charge in [-0.2, -0.15) is 8.42 Å². The third kappa shape index (κ3) is 3.46. The SMILES string of the molecule is O=S(=O)(F)Cc1cnc(Cl)cc1Cl. The molecule has 0 aliphatic rings. The van der Waals surface area contributed by atoms with E-state index in [0.717, 1.165) is 6.20 Å². The second kappa shape index (κ2) is 3.77. The molecule has 1 aromatic rings. The van der Waals surface area contributed by atoms with E-state index in [1.54, 1.807) is 0 Å². The summed E-state index contributed by atoms with van der Waals surface area (Å²) >= 11 is 11.0. The van der Waals surface area contributed by atoms with E-state index < -0.39 is 16.0 Å². The first kappa shape index (κ1) is 10.7. The van der Waals surface area contributed by atoms with Crippen LogP contribution in [0.15, 0.2) is 12.3 Å². The molecule has 0 amide bonds. The van der Waals surface area contributed by atoms with Crippen LogP contribution >= 0.6 is 23.2 Å². The second-order valence-electron chi connectivity index (χ2n) is 2.28. The fourth-order valence-corrected chi connectivity index (χ4v) is 1.84. The second-order valence-corrected chi connectivity index (χ2v) is 4.44. The topological polar surface area (TPSA) is 47.0 Å². The maximum atomic E-state index is 12.2. The quantitative estimate of drug-likeness (QED) is 0.591. The number of rotatable bonds is 2. The highest BCUT2D eigenvalue weighted by Gasteiger charge is 2.12. The van der Waals surface area contributed by atoms with Gasteiger partial charge in [0.1, 0.15) is 10.9 Å². The lowest BCUT2D eigenvalue weighted by Crippen LogP contribution is -1.97. The van der Waals surface area contributed by atoms with E-state index in [4.69, 9.17) is 23.2 Å². The van der Waals surface area contributed by atoms with E-state index in [2.05, 4.69) is 4.98 Å². The molecule has 13 heavy (non-hydrogen) atoms. The number of pyridine rings is 1. The number of hydrogen-bond donors (Lipinski definition) is 0. The normalized spacial score (nSPS) is 11.6. The number of aromatic nitrogens is 1. The van der Waals surface area contributed by atoms with Crippen molar-refractivity contribution in [2.75, 3.05) is 0 Å². The fourth-order valence-electron chi connectivity index (χ4n) is 0.728. The molecular weight excluding hydrogens is 240 g/mol. The number of nitrogens with zero attached hydrogens (tertiary/aromatic N) is 1. The molecule has 0 radical (unpaired) electrons. The monoisotopic (exact) mass is 243 g/mol. The van der Waals surface area contributed by atoms with Crippen molar-refractivity contribution in [3.05, 3.63) is 28.0 Å². The minimum absolute atomic E-state index is 0.0845. The van der Waals surface area contributed by atoms with E-state index in [-0.39, 0.29) is 15.7 Å². The van der Waals surface area contributed by atoms with Gasteiger partial charge in [0.15, 0.2) is 0 Å². The molecule has 0 atom stereocenters. The fraction of sp³-hybridized carbons (Fsp3) is 0.167. The first-order chi connectivity index (χ1) is 5.88. The zero-order valence-corrected chi connectivity index (χ0v) is 8.50. The molecule has 0 fully saturated rings. The van der Waals surface area contributed by atoms with Crippen molar-refractivity contribution in [3.8, 4) is 0 Å². The molecule has 72 valence electrons. The van der Waals surface area contributed by atoms with Crippen LogP contribution in [0.4, 0.5) is 3.89 Å². The molecule has 0 unspecified atom stereocenters. The summed E-state index contributed by atoms with van der Waals surface area (Å²) in [6, 6.07) is 1.25. The summed E-state index contributed by atoms with van der Waals surface area (Å²) in [4.78, 5) is 3.57. The molecule has 0 aromatic carbocycles. The molecule has 1 rings (SSSR count). The predicted octanol–water partition coefficient (Wildman–Crippen LogP) is 2.19. The molecule has 3 nitrogen and oxygen atoms in total. The Hall–Kier alpha value is -0.390. The lowest BCUT2D eigenvalue weighted by Gasteiger charge is -1.99. The lowest BCUT2D eigenvalue weighted by molar-refractivity contribution is 0.551. The highest BCUT2D eigenvalue weighted by Crippen LogP contribution is 2.20. The van der Waals surface area contributed by atoms with Crippen molar-refractivity contribution in [1.82, 2.24) is 4.98 Å². The Bertz CT molecular complexity index is 421. The predicted molar refractivity (Wildman–Crippen MR) is 48.0 cm³/mol. The minimum Gasteiger partial charge on any atom is -0.244 e. The van der Waals surface area contributed by atoms with Crippen LogP contribution in [0.1, 0.15) is 5.56 Å². The summed E-state index contributed by atoms with van der Waals surface area (Å²) in [6.07, 6.45) is 1.13. The van der Waals surface area contributed by atoms with Gasteiger partial charge in [-0.1, -0.05) is 23.2 Å². The third-order valence-corrected chi connectivity index (χ3v) is 2.44. The number of hydrogen-bond acceptors (Lipinski definition) is 3. The van der Waals surface area contributed by atoms with Gasteiger partial charge in [-0.25, -0.2) is 4.98 Å². The van der Waals surface area contributed by atoms with Crippen LogP contribution in [0.2, 0.25) is 10.2 Å². The Morgan fingerprint density at radius 3 is 2.54 bits per heavy atom. The van der Waals surface area contributed by atoms with E-state index in [0.29, 0.717) is 0 Å². The number of halogens is 3. The van der Waals surface area contributed by atoms with Crippen molar-refractivity contribution in [1.29, 1.82) is 0 Å². The summed E-state index contributed by atoms with van der Waals surface area (Å²) in [6.45, 7) is 0. The zero-order valence-electron chi connectivity index (χ0n) is 6.17. The minimum atomic E-state index is -4.58. The van der Waals surface area contributed by atoms with Gasteiger partial charge in [-0.15, -0.1) is 3.89 Å². The van der Waals surface area contributed by atoms with E-state index >= 15 is 0 Å². The maximum absolute atomic E-state index is 12.2. The van der Waals surface area contributed by atoms with Gasteiger partial charge in [0.05, 0.1) is 0 Å². The summed E-state index contributed by atoms with van der Waals surface area (Å²) in [5.41, 5.74) is 0.0913. The van der Waals surface area contributed by atoms with Crippen molar-refractivity contribution in [3.63, 3.8) is 0 Å². The van der Waals surface area contributed by atoms with Crippen LogP contribution in [0.5, 0.6) is 0 Å². The average Bonchev–Trinajstić information content (AvgIpc) is 1.93. The molecule has 0 aliphatic carbocycles. The summed E-state index contributed by atoms with van der Waals surface area (Å²) in [7, 11) is -4.58. The Kier molecular flexibility index (Phi) is 3.10.